The quantitative estimate of drug-likeness (QED) is 0.527. The van der Waals surface area contributed by atoms with Crippen molar-refractivity contribution in [2.24, 2.45) is 0 Å². The van der Waals surface area contributed by atoms with Gasteiger partial charge in [-0.15, -0.1) is 0 Å². The number of rotatable bonds is 4. The van der Waals surface area contributed by atoms with Crippen molar-refractivity contribution in [2.75, 3.05) is 0 Å². The van der Waals surface area contributed by atoms with Gasteiger partial charge in [0.1, 0.15) is 0 Å². The maximum absolute atomic E-state index is 5.05. The van der Waals surface area contributed by atoms with Gasteiger partial charge in [0.25, 0.3) is 0 Å². The molecule has 0 saturated carbocycles. The normalized spacial score (nSPS) is 15.9. The van der Waals surface area contributed by atoms with E-state index in [-0.39, 0.29) is 5.04 Å². The molecule has 0 nitrogen and oxygen atoms in total. The standard InChI is InChI=1S/C23H31Si/c1-16(2)24(17(3)4,18(5)6)23(7)21-14-10-8-12-19(21)20-13-9-11-15-22(20)23/h8-18H,7H2,1-6H3. The summed E-state index contributed by atoms with van der Waals surface area (Å²) >= 11 is 0. The molecule has 24 heavy (non-hydrogen) atoms. The van der Waals surface area contributed by atoms with E-state index in [0.29, 0.717) is 16.6 Å². The maximum atomic E-state index is 5.05. The van der Waals surface area contributed by atoms with Crippen LogP contribution in [0.25, 0.3) is 11.1 Å². The summed E-state index contributed by atoms with van der Waals surface area (Å²) in [4.78, 5) is 0. The summed E-state index contributed by atoms with van der Waals surface area (Å²) < 4.78 is 0. The second-order valence-electron chi connectivity index (χ2n) is 8.39. The van der Waals surface area contributed by atoms with Crippen LogP contribution in [0.5, 0.6) is 0 Å². The highest BCUT2D eigenvalue weighted by Crippen LogP contribution is 2.61. The molecule has 1 radical (unpaired) electrons. The zero-order chi connectivity index (χ0) is 17.7. The van der Waals surface area contributed by atoms with E-state index in [1.165, 1.54) is 22.3 Å². The van der Waals surface area contributed by atoms with Crippen LogP contribution in [0.3, 0.4) is 0 Å². The van der Waals surface area contributed by atoms with Gasteiger partial charge in [-0.1, -0.05) is 90.1 Å². The van der Waals surface area contributed by atoms with Gasteiger partial charge in [0.05, 0.1) is 8.07 Å². The number of hydrogen-bond acceptors (Lipinski definition) is 0. The lowest BCUT2D eigenvalue weighted by Gasteiger charge is -2.55. The van der Waals surface area contributed by atoms with Gasteiger partial charge in [0.15, 0.2) is 0 Å². The third-order valence-corrected chi connectivity index (χ3v) is 14.4. The van der Waals surface area contributed by atoms with Gasteiger partial charge in [-0.25, -0.2) is 0 Å². The molecule has 1 heteroatoms. The van der Waals surface area contributed by atoms with Crippen LogP contribution >= 0.6 is 0 Å². The third-order valence-electron chi connectivity index (χ3n) is 6.67. The molecule has 1 aliphatic rings. The summed E-state index contributed by atoms with van der Waals surface area (Å²) in [7, 11) is -1.83. The fourth-order valence-electron chi connectivity index (χ4n) is 6.27. The van der Waals surface area contributed by atoms with Crippen molar-refractivity contribution in [3.05, 3.63) is 66.6 Å². The Morgan fingerprint density at radius 1 is 0.667 bits per heavy atom. The molecule has 1 aliphatic carbocycles. The van der Waals surface area contributed by atoms with Gasteiger partial charge in [-0.3, -0.25) is 0 Å². The molecule has 3 rings (SSSR count). The van der Waals surface area contributed by atoms with Crippen LogP contribution in [0.15, 0.2) is 48.5 Å². The van der Waals surface area contributed by atoms with Gasteiger partial charge in [0, 0.05) is 5.04 Å². The van der Waals surface area contributed by atoms with Crippen molar-refractivity contribution in [3.8, 4) is 11.1 Å². The average Bonchev–Trinajstić information content (AvgIpc) is 2.78. The van der Waals surface area contributed by atoms with Crippen LogP contribution in [0.4, 0.5) is 0 Å². The van der Waals surface area contributed by atoms with Crippen LogP contribution < -0.4 is 0 Å². The lowest BCUT2D eigenvalue weighted by atomic mass is 9.98. The van der Waals surface area contributed by atoms with Gasteiger partial charge in [-0.05, 0) is 45.8 Å². The van der Waals surface area contributed by atoms with Crippen molar-refractivity contribution < 1.29 is 0 Å². The largest absolute Gasteiger partial charge is 0.0779 e. The molecule has 2 aromatic carbocycles. The smallest absolute Gasteiger partial charge is 0.0651 e. The highest BCUT2D eigenvalue weighted by Gasteiger charge is 2.60. The van der Waals surface area contributed by atoms with E-state index in [1.807, 2.05) is 0 Å². The fourth-order valence-corrected chi connectivity index (χ4v) is 14.6. The molecular formula is C23H31Si. The second kappa shape index (κ2) is 5.88. The van der Waals surface area contributed by atoms with Crippen LogP contribution in [0, 0.1) is 6.92 Å². The summed E-state index contributed by atoms with van der Waals surface area (Å²) in [5.41, 5.74) is 7.77. The first-order chi connectivity index (χ1) is 11.3. The van der Waals surface area contributed by atoms with Crippen LogP contribution in [0.2, 0.25) is 16.6 Å². The van der Waals surface area contributed by atoms with Gasteiger partial charge in [0.2, 0.25) is 0 Å². The molecule has 0 unspecified atom stereocenters. The molecule has 0 bridgehead atoms. The highest BCUT2D eigenvalue weighted by atomic mass is 28.3. The topological polar surface area (TPSA) is 0 Å². The zero-order valence-electron chi connectivity index (χ0n) is 16.1. The Morgan fingerprint density at radius 3 is 1.33 bits per heavy atom. The molecule has 0 amide bonds. The minimum atomic E-state index is -1.83. The maximum Gasteiger partial charge on any atom is 0.0779 e. The second-order valence-corrected chi connectivity index (χ2v) is 14.6. The monoisotopic (exact) mass is 335 g/mol. The predicted octanol–water partition coefficient (Wildman–Crippen LogP) is 7.01. The van der Waals surface area contributed by atoms with Crippen molar-refractivity contribution in [1.29, 1.82) is 0 Å². The Kier molecular flexibility index (Phi) is 4.28. The number of benzene rings is 2. The summed E-state index contributed by atoms with van der Waals surface area (Å²) in [5.74, 6) is 0. The number of hydrogen-bond donors (Lipinski definition) is 0. The Balaban J connectivity index is 2.44. The van der Waals surface area contributed by atoms with Crippen LogP contribution in [0.1, 0.15) is 52.7 Å². The molecule has 0 spiro atoms. The third kappa shape index (κ3) is 1.97. The first-order valence-corrected chi connectivity index (χ1v) is 11.6. The van der Waals surface area contributed by atoms with Gasteiger partial charge in [-0.2, -0.15) is 0 Å². The van der Waals surface area contributed by atoms with Gasteiger partial charge >= 0.3 is 0 Å². The van der Waals surface area contributed by atoms with Gasteiger partial charge < -0.3 is 0 Å². The number of fused-ring (bicyclic) bond motifs is 3. The predicted molar refractivity (Wildman–Crippen MR) is 109 cm³/mol. The SMILES string of the molecule is [CH2]C1([Si](C(C)C)(C(C)C)C(C)C)c2ccccc2-c2ccccc21. The molecule has 127 valence electrons. The van der Waals surface area contributed by atoms with E-state index in [0.717, 1.165) is 0 Å². The summed E-state index contributed by atoms with van der Waals surface area (Å²) in [6.07, 6.45) is 0. The van der Waals surface area contributed by atoms with Crippen molar-refractivity contribution in [3.63, 3.8) is 0 Å². The van der Waals surface area contributed by atoms with E-state index < -0.39 is 8.07 Å². The molecule has 2 aromatic rings. The molecule has 0 aliphatic heterocycles. The molecule has 0 heterocycles. The minimum absolute atomic E-state index is 0.0727. The molecular weight excluding hydrogens is 304 g/mol. The lowest BCUT2D eigenvalue weighted by molar-refractivity contribution is 0.708. The van der Waals surface area contributed by atoms with E-state index in [9.17, 15) is 0 Å². The molecule has 0 saturated heterocycles. The summed E-state index contributed by atoms with van der Waals surface area (Å²) in [6, 6.07) is 18.0. The summed E-state index contributed by atoms with van der Waals surface area (Å²) in [6.45, 7) is 19.7. The Hall–Kier alpha value is -1.34. The Morgan fingerprint density at radius 2 is 1.00 bits per heavy atom. The summed E-state index contributed by atoms with van der Waals surface area (Å²) in [5, 5.41) is -0.0727. The molecule has 0 N–H and O–H groups in total. The first kappa shape index (κ1) is 17.5. The Labute approximate surface area is 149 Å². The highest BCUT2D eigenvalue weighted by molar-refractivity contribution is 6.87. The van der Waals surface area contributed by atoms with E-state index in [2.05, 4.69) is 90.1 Å². The van der Waals surface area contributed by atoms with E-state index in [1.54, 1.807) is 0 Å². The Bertz CT molecular complexity index is 672. The van der Waals surface area contributed by atoms with E-state index >= 15 is 0 Å². The molecule has 0 fully saturated rings. The van der Waals surface area contributed by atoms with Crippen molar-refractivity contribution in [2.45, 2.75) is 63.2 Å². The zero-order valence-corrected chi connectivity index (χ0v) is 17.1. The van der Waals surface area contributed by atoms with Crippen LogP contribution in [-0.2, 0) is 5.04 Å². The molecule has 0 atom stereocenters. The van der Waals surface area contributed by atoms with Crippen molar-refractivity contribution >= 4 is 8.07 Å². The van der Waals surface area contributed by atoms with Crippen LogP contribution in [-0.4, -0.2) is 8.07 Å². The van der Waals surface area contributed by atoms with Crippen molar-refractivity contribution in [1.82, 2.24) is 0 Å². The molecule has 0 aromatic heterocycles. The first-order valence-electron chi connectivity index (χ1n) is 9.34. The fraction of sp³-hybridized carbons (Fsp3) is 0.435. The lowest BCUT2D eigenvalue weighted by Crippen LogP contribution is -2.60. The minimum Gasteiger partial charge on any atom is -0.0651 e. The van der Waals surface area contributed by atoms with E-state index in [4.69, 9.17) is 6.92 Å². The average molecular weight is 336 g/mol.